The van der Waals surface area contributed by atoms with E-state index in [9.17, 15) is 13.6 Å². The molecule has 0 saturated carbocycles. The molecule has 4 aromatic rings. The molecule has 4 rings (SSSR count). The van der Waals surface area contributed by atoms with E-state index in [4.69, 9.17) is 5.26 Å². The number of halogens is 2. The summed E-state index contributed by atoms with van der Waals surface area (Å²) in [4.78, 5) is 22.9. The molecule has 0 atom stereocenters. The second-order valence-corrected chi connectivity index (χ2v) is 6.57. The number of carbonyl (C=O) groups is 1. The molecule has 0 N–H and O–H groups in total. The molecule has 0 bridgehead atoms. The van der Waals surface area contributed by atoms with Gasteiger partial charge in [-0.2, -0.15) is 14.0 Å². The number of hydrogen-bond donors (Lipinski definition) is 0. The normalized spacial score (nSPS) is 10.8. The number of carbonyl (C=O) groups excluding carboxylic acids is 1. The first-order valence-corrected chi connectivity index (χ1v) is 9.13. The SMILES string of the molecule is CN(C(=O)c1cn2c(-c3ccc(OC(F)F)cc3)cnc2cn1)c1ccc(C#N)cc1. The van der Waals surface area contributed by atoms with E-state index in [0.29, 0.717) is 28.2 Å². The molecule has 2 aromatic carbocycles. The Bertz CT molecular complexity index is 1280. The summed E-state index contributed by atoms with van der Waals surface area (Å²) in [6.45, 7) is -2.89. The molecule has 0 aliphatic heterocycles. The first-order valence-electron chi connectivity index (χ1n) is 9.13. The van der Waals surface area contributed by atoms with Crippen molar-refractivity contribution in [3.05, 3.63) is 78.4 Å². The molecule has 0 fully saturated rings. The number of imidazole rings is 1. The summed E-state index contributed by atoms with van der Waals surface area (Å²) < 4.78 is 30.8. The molecule has 0 aliphatic carbocycles. The maximum Gasteiger partial charge on any atom is 0.387 e. The largest absolute Gasteiger partial charge is 0.435 e. The molecule has 7 nitrogen and oxygen atoms in total. The Hall–Kier alpha value is -4.32. The molecule has 2 aromatic heterocycles. The van der Waals surface area contributed by atoms with Crippen LogP contribution in [0.2, 0.25) is 0 Å². The van der Waals surface area contributed by atoms with Crippen LogP contribution < -0.4 is 9.64 Å². The number of ether oxygens (including phenoxy) is 1. The molecule has 0 spiro atoms. The van der Waals surface area contributed by atoms with E-state index in [1.165, 1.54) is 23.2 Å². The maximum absolute atomic E-state index is 12.9. The fourth-order valence-corrected chi connectivity index (χ4v) is 3.07. The molecule has 0 radical (unpaired) electrons. The number of benzene rings is 2. The lowest BCUT2D eigenvalue weighted by atomic mass is 10.1. The Labute approximate surface area is 175 Å². The summed E-state index contributed by atoms with van der Waals surface area (Å²) in [6, 6.07) is 14.8. The Kier molecular flexibility index (Phi) is 5.28. The van der Waals surface area contributed by atoms with Crippen molar-refractivity contribution in [2.75, 3.05) is 11.9 Å². The number of nitriles is 1. The van der Waals surface area contributed by atoms with Gasteiger partial charge in [-0.3, -0.25) is 9.20 Å². The van der Waals surface area contributed by atoms with Gasteiger partial charge in [-0.05, 0) is 48.5 Å². The summed E-state index contributed by atoms with van der Waals surface area (Å²) in [6.07, 6.45) is 4.67. The number of amides is 1. The van der Waals surface area contributed by atoms with Crippen LogP contribution in [-0.4, -0.2) is 33.9 Å². The van der Waals surface area contributed by atoms with Crippen molar-refractivity contribution in [1.29, 1.82) is 5.26 Å². The molecular weight excluding hydrogens is 404 g/mol. The van der Waals surface area contributed by atoms with Gasteiger partial charge in [0.1, 0.15) is 11.4 Å². The third-order valence-corrected chi connectivity index (χ3v) is 4.68. The molecule has 9 heteroatoms. The standard InChI is InChI=1S/C22H15F2N5O2/c1-28(16-6-2-14(10-25)3-7-16)21(30)18-13-29-19(11-27-20(29)12-26-18)15-4-8-17(9-5-15)31-22(23)24/h2-9,11-13,22H,1H3. The van der Waals surface area contributed by atoms with E-state index in [0.717, 1.165) is 0 Å². The number of aromatic nitrogens is 3. The number of alkyl halides is 2. The average Bonchev–Trinajstić information content (AvgIpc) is 3.21. The molecule has 2 heterocycles. The van der Waals surface area contributed by atoms with Crippen LogP contribution in [0, 0.1) is 11.3 Å². The fourth-order valence-electron chi connectivity index (χ4n) is 3.07. The monoisotopic (exact) mass is 419 g/mol. The van der Waals surface area contributed by atoms with Crippen molar-refractivity contribution in [2.24, 2.45) is 0 Å². The third kappa shape index (κ3) is 4.04. The number of nitrogens with zero attached hydrogens (tertiary/aromatic N) is 5. The molecule has 154 valence electrons. The van der Waals surface area contributed by atoms with Crippen molar-refractivity contribution in [1.82, 2.24) is 14.4 Å². The Morgan fingerprint density at radius 1 is 1.10 bits per heavy atom. The zero-order chi connectivity index (χ0) is 22.0. The van der Waals surface area contributed by atoms with Crippen molar-refractivity contribution in [2.45, 2.75) is 6.61 Å². The summed E-state index contributed by atoms with van der Waals surface area (Å²) in [5, 5.41) is 8.92. The van der Waals surface area contributed by atoms with Gasteiger partial charge in [0, 0.05) is 24.5 Å². The summed E-state index contributed by atoms with van der Waals surface area (Å²) in [5.41, 5.74) is 3.20. The van der Waals surface area contributed by atoms with Crippen LogP contribution in [0.25, 0.3) is 16.9 Å². The maximum atomic E-state index is 12.9. The quantitative estimate of drug-likeness (QED) is 0.485. The summed E-state index contributed by atoms with van der Waals surface area (Å²) >= 11 is 0. The van der Waals surface area contributed by atoms with E-state index in [-0.39, 0.29) is 17.4 Å². The van der Waals surface area contributed by atoms with Crippen LogP contribution in [-0.2, 0) is 0 Å². The number of fused-ring (bicyclic) bond motifs is 1. The number of anilines is 1. The van der Waals surface area contributed by atoms with Gasteiger partial charge in [-0.15, -0.1) is 0 Å². The van der Waals surface area contributed by atoms with E-state index in [1.54, 1.807) is 60.2 Å². The van der Waals surface area contributed by atoms with Gasteiger partial charge in [0.25, 0.3) is 5.91 Å². The van der Waals surface area contributed by atoms with E-state index < -0.39 is 6.61 Å². The smallest absolute Gasteiger partial charge is 0.387 e. The van der Waals surface area contributed by atoms with E-state index in [1.807, 2.05) is 6.07 Å². The Balaban J connectivity index is 1.64. The highest BCUT2D eigenvalue weighted by Crippen LogP contribution is 2.25. The van der Waals surface area contributed by atoms with Crippen molar-refractivity contribution in [3.63, 3.8) is 0 Å². The van der Waals surface area contributed by atoms with Gasteiger partial charge in [-0.1, -0.05) is 0 Å². The van der Waals surface area contributed by atoms with Crippen LogP contribution in [0.3, 0.4) is 0 Å². The summed E-state index contributed by atoms with van der Waals surface area (Å²) in [7, 11) is 1.62. The highest BCUT2D eigenvalue weighted by molar-refractivity contribution is 6.04. The Morgan fingerprint density at radius 2 is 1.81 bits per heavy atom. The van der Waals surface area contributed by atoms with E-state index >= 15 is 0 Å². The van der Waals surface area contributed by atoms with Gasteiger partial charge >= 0.3 is 6.61 Å². The lowest BCUT2D eigenvalue weighted by Crippen LogP contribution is -2.27. The predicted octanol–water partition coefficient (Wildman–Crippen LogP) is 4.15. The highest BCUT2D eigenvalue weighted by atomic mass is 19.3. The molecule has 0 saturated heterocycles. The second kappa shape index (κ2) is 8.20. The number of hydrogen-bond acceptors (Lipinski definition) is 5. The van der Waals surface area contributed by atoms with Crippen molar-refractivity contribution >= 4 is 17.2 Å². The van der Waals surface area contributed by atoms with Gasteiger partial charge in [0.05, 0.1) is 29.7 Å². The van der Waals surface area contributed by atoms with Crippen LogP contribution in [0.15, 0.2) is 67.1 Å². The highest BCUT2D eigenvalue weighted by Gasteiger charge is 2.17. The third-order valence-electron chi connectivity index (χ3n) is 4.68. The minimum absolute atomic E-state index is 0.0501. The molecule has 31 heavy (non-hydrogen) atoms. The van der Waals surface area contributed by atoms with Gasteiger partial charge < -0.3 is 9.64 Å². The predicted molar refractivity (Wildman–Crippen MR) is 109 cm³/mol. The van der Waals surface area contributed by atoms with Crippen LogP contribution in [0.5, 0.6) is 5.75 Å². The van der Waals surface area contributed by atoms with Crippen LogP contribution in [0.1, 0.15) is 16.1 Å². The van der Waals surface area contributed by atoms with Gasteiger partial charge in [-0.25, -0.2) is 9.97 Å². The molecule has 0 aliphatic rings. The van der Waals surface area contributed by atoms with Crippen molar-refractivity contribution < 1.29 is 18.3 Å². The molecular formula is C22H15F2N5O2. The minimum atomic E-state index is -2.89. The minimum Gasteiger partial charge on any atom is -0.435 e. The van der Waals surface area contributed by atoms with Crippen LogP contribution in [0.4, 0.5) is 14.5 Å². The first-order chi connectivity index (χ1) is 15.0. The lowest BCUT2D eigenvalue weighted by molar-refractivity contribution is -0.0498. The topological polar surface area (TPSA) is 83.5 Å². The van der Waals surface area contributed by atoms with Crippen LogP contribution >= 0.6 is 0 Å². The summed E-state index contributed by atoms with van der Waals surface area (Å²) in [5.74, 6) is -0.291. The fraction of sp³-hybridized carbons (Fsp3) is 0.0909. The number of rotatable bonds is 5. The van der Waals surface area contributed by atoms with E-state index in [2.05, 4.69) is 14.7 Å². The van der Waals surface area contributed by atoms with Gasteiger partial charge in [0.2, 0.25) is 0 Å². The zero-order valence-electron chi connectivity index (χ0n) is 16.2. The zero-order valence-corrected chi connectivity index (χ0v) is 16.2. The lowest BCUT2D eigenvalue weighted by Gasteiger charge is -2.17. The van der Waals surface area contributed by atoms with Crippen molar-refractivity contribution in [3.8, 4) is 23.1 Å². The average molecular weight is 419 g/mol. The van der Waals surface area contributed by atoms with Gasteiger partial charge in [0.15, 0.2) is 5.65 Å². The Morgan fingerprint density at radius 3 is 2.45 bits per heavy atom. The molecule has 0 unspecified atom stereocenters. The second-order valence-electron chi connectivity index (χ2n) is 6.57. The first kappa shape index (κ1) is 20.0. The molecule has 1 amide bonds.